The Hall–Kier alpha value is -3.65. The molecule has 3 aromatic rings. The van der Waals surface area contributed by atoms with Crippen molar-refractivity contribution in [2.24, 2.45) is 5.92 Å². The largest absolute Gasteiger partial charge is 0.376 e. The number of benzene rings is 2. The lowest BCUT2D eigenvalue weighted by atomic mass is 9.89. The smallest absolute Gasteiger partial charge is 0.255 e. The summed E-state index contributed by atoms with van der Waals surface area (Å²) in [5.41, 5.74) is 4.52. The van der Waals surface area contributed by atoms with Crippen LogP contribution in [-0.4, -0.2) is 58.9 Å². The van der Waals surface area contributed by atoms with Crippen LogP contribution >= 0.6 is 0 Å². The predicted molar refractivity (Wildman–Crippen MR) is 144 cm³/mol. The third-order valence-electron chi connectivity index (χ3n) is 8.48. The molecule has 38 heavy (non-hydrogen) atoms. The second-order valence-corrected chi connectivity index (χ2v) is 10.7. The van der Waals surface area contributed by atoms with Gasteiger partial charge in [-0.25, -0.2) is 0 Å². The minimum atomic E-state index is -0.732. The molecule has 4 heterocycles. The van der Waals surface area contributed by atoms with Crippen molar-refractivity contribution in [2.45, 2.75) is 63.8 Å². The Kier molecular flexibility index (Phi) is 6.43. The molecule has 2 aromatic carbocycles. The van der Waals surface area contributed by atoms with Crippen molar-refractivity contribution in [3.05, 3.63) is 70.9 Å². The van der Waals surface area contributed by atoms with Crippen molar-refractivity contribution in [1.29, 1.82) is 0 Å². The molecule has 1 fully saturated rings. The van der Waals surface area contributed by atoms with E-state index in [-0.39, 0.29) is 35.8 Å². The average Bonchev–Trinajstić information content (AvgIpc) is 3.66. The Morgan fingerprint density at radius 3 is 2.74 bits per heavy atom. The molecule has 3 aliphatic heterocycles. The SMILES string of the molecule is CC[C@H](C)[C@H](NC(=O)[C@@H]1Cc2c([nH]c3ccccc23)[C@H]2c3ccccc3C(=O)N21)C(=O)NC[C@@H]1CCCO1. The zero-order valence-corrected chi connectivity index (χ0v) is 21.8. The summed E-state index contributed by atoms with van der Waals surface area (Å²) >= 11 is 0. The summed E-state index contributed by atoms with van der Waals surface area (Å²) in [5.74, 6) is -0.736. The van der Waals surface area contributed by atoms with E-state index in [1.165, 1.54) is 0 Å². The normalized spacial score (nSPS) is 23.5. The van der Waals surface area contributed by atoms with E-state index >= 15 is 0 Å². The van der Waals surface area contributed by atoms with Gasteiger partial charge in [0, 0.05) is 41.7 Å². The number of hydrogen-bond donors (Lipinski definition) is 3. The van der Waals surface area contributed by atoms with E-state index in [0.29, 0.717) is 18.5 Å². The molecule has 0 spiro atoms. The summed E-state index contributed by atoms with van der Waals surface area (Å²) in [6.07, 6.45) is 3.05. The van der Waals surface area contributed by atoms with Crippen LogP contribution in [0.25, 0.3) is 10.9 Å². The van der Waals surface area contributed by atoms with Crippen LogP contribution in [0.2, 0.25) is 0 Å². The molecule has 3 aliphatic rings. The van der Waals surface area contributed by atoms with E-state index in [0.717, 1.165) is 53.6 Å². The highest BCUT2D eigenvalue weighted by atomic mass is 16.5. The lowest BCUT2D eigenvalue weighted by Gasteiger charge is -2.38. The topological polar surface area (TPSA) is 104 Å². The summed E-state index contributed by atoms with van der Waals surface area (Å²) in [6, 6.07) is 13.8. The van der Waals surface area contributed by atoms with Crippen LogP contribution in [0.4, 0.5) is 0 Å². The number of H-pyrrole nitrogens is 1. The first-order valence-electron chi connectivity index (χ1n) is 13.7. The molecule has 0 bridgehead atoms. The van der Waals surface area contributed by atoms with Crippen LogP contribution < -0.4 is 10.6 Å². The van der Waals surface area contributed by atoms with Crippen molar-refractivity contribution in [3.63, 3.8) is 0 Å². The van der Waals surface area contributed by atoms with Gasteiger partial charge in [-0.05, 0) is 42.0 Å². The van der Waals surface area contributed by atoms with Crippen LogP contribution in [0.3, 0.4) is 0 Å². The fourth-order valence-electron chi connectivity index (χ4n) is 6.22. The van der Waals surface area contributed by atoms with Crippen molar-refractivity contribution in [3.8, 4) is 0 Å². The maximum Gasteiger partial charge on any atom is 0.255 e. The van der Waals surface area contributed by atoms with Crippen molar-refractivity contribution in [1.82, 2.24) is 20.5 Å². The van der Waals surface area contributed by atoms with Gasteiger partial charge in [0.2, 0.25) is 11.8 Å². The molecule has 3 N–H and O–H groups in total. The third-order valence-corrected chi connectivity index (χ3v) is 8.48. The zero-order valence-electron chi connectivity index (χ0n) is 21.8. The molecule has 6 rings (SSSR count). The van der Waals surface area contributed by atoms with Gasteiger partial charge in [0.1, 0.15) is 12.1 Å². The maximum absolute atomic E-state index is 14.0. The van der Waals surface area contributed by atoms with E-state index in [9.17, 15) is 14.4 Å². The van der Waals surface area contributed by atoms with Gasteiger partial charge in [0.15, 0.2) is 0 Å². The predicted octanol–water partition coefficient (Wildman–Crippen LogP) is 3.46. The Balaban J connectivity index is 1.32. The summed E-state index contributed by atoms with van der Waals surface area (Å²) in [6.45, 7) is 5.13. The molecule has 8 heteroatoms. The monoisotopic (exact) mass is 514 g/mol. The first-order chi connectivity index (χ1) is 18.5. The van der Waals surface area contributed by atoms with Gasteiger partial charge < -0.3 is 25.3 Å². The number of aromatic nitrogens is 1. The third kappa shape index (κ3) is 4.07. The van der Waals surface area contributed by atoms with Crippen molar-refractivity contribution in [2.75, 3.05) is 13.2 Å². The Morgan fingerprint density at radius 2 is 1.95 bits per heavy atom. The summed E-state index contributed by atoms with van der Waals surface area (Å²) in [4.78, 5) is 46.1. The standard InChI is InChI=1S/C30H34N4O4/c1-3-17(2)25(29(36)31-16-18-9-8-14-38-18)33-28(35)24-15-22-19-10-6-7-13-23(19)32-26(22)27-20-11-4-5-12-21(20)30(37)34(24)27/h4-7,10-13,17-18,24-25,27,32H,3,8-9,14-16H2,1-2H3,(H,31,36)(H,33,35)/t17-,18-,24-,25-,27+/m0/s1. The molecule has 8 nitrogen and oxygen atoms in total. The van der Waals surface area contributed by atoms with Crippen LogP contribution in [0, 0.1) is 5.92 Å². The Morgan fingerprint density at radius 1 is 1.16 bits per heavy atom. The van der Waals surface area contributed by atoms with Gasteiger partial charge in [0.25, 0.3) is 5.91 Å². The molecule has 3 amide bonds. The highest BCUT2D eigenvalue weighted by Crippen LogP contribution is 2.46. The van der Waals surface area contributed by atoms with Gasteiger partial charge in [-0.3, -0.25) is 14.4 Å². The Labute approximate surface area is 222 Å². The lowest BCUT2D eigenvalue weighted by molar-refractivity contribution is -0.133. The lowest BCUT2D eigenvalue weighted by Crippen LogP contribution is -2.58. The zero-order chi connectivity index (χ0) is 26.4. The van der Waals surface area contributed by atoms with Crippen LogP contribution in [-0.2, 0) is 20.7 Å². The number of nitrogens with zero attached hydrogens (tertiary/aromatic N) is 1. The van der Waals surface area contributed by atoms with Crippen LogP contribution in [0.1, 0.15) is 66.3 Å². The maximum atomic E-state index is 14.0. The summed E-state index contributed by atoms with van der Waals surface area (Å²) in [5, 5.41) is 7.10. The van der Waals surface area contributed by atoms with Crippen LogP contribution in [0.15, 0.2) is 48.5 Å². The van der Waals surface area contributed by atoms with Gasteiger partial charge in [0.05, 0.1) is 12.1 Å². The Bertz CT molecular complexity index is 1390. The molecular formula is C30H34N4O4. The second-order valence-electron chi connectivity index (χ2n) is 10.7. The number of hydrogen-bond acceptors (Lipinski definition) is 4. The fraction of sp³-hybridized carbons (Fsp3) is 0.433. The number of nitrogens with one attached hydrogen (secondary N) is 3. The van der Waals surface area contributed by atoms with Gasteiger partial charge in [-0.2, -0.15) is 0 Å². The second kappa shape index (κ2) is 9.91. The molecule has 5 atom stereocenters. The van der Waals surface area contributed by atoms with Crippen molar-refractivity contribution < 1.29 is 19.1 Å². The van der Waals surface area contributed by atoms with E-state index in [1.807, 2.05) is 56.3 Å². The number of carbonyl (C=O) groups excluding carboxylic acids is 3. The van der Waals surface area contributed by atoms with E-state index < -0.39 is 12.1 Å². The number of aromatic amines is 1. The minimum absolute atomic E-state index is 0.0207. The molecule has 0 saturated carbocycles. The number of para-hydroxylation sites is 1. The van der Waals surface area contributed by atoms with E-state index in [1.54, 1.807) is 4.90 Å². The first kappa shape index (κ1) is 24.7. The molecular weight excluding hydrogens is 480 g/mol. The van der Waals surface area contributed by atoms with Gasteiger partial charge >= 0.3 is 0 Å². The fourth-order valence-corrected chi connectivity index (χ4v) is 6.22. The number of ether oxygens (including phenoxy) is 1. The molecule has 0 unspecified atom stereocenters. The molecule has 1 aromatic heterocycles. The van der Waals surface area contributed by atoms with Gasteiger partial charge in [-0.15, -0.1) is 0 Å². The van der Waals surface area contributed by atoms with Crippen molar-refractivity contribution >= 4 is 28.6 Å². The number of amides is 3. The van der Waals surface area contributed by atoms with E-state index in [2.05, 4.69) is 21.7 Å². The number of carbonyl (C=O) groups is 3. The minimum Gasteiger partial charge on any atom is -0.376 e. The van der Waals surface area contributed by atoms with Gasteiger partial charge in [-0.1, -0.05) is 56.7 Å². The highest BCUT2D eigenvalue weighted by Gasteiger charge is 2.49. The summed E-state index contributed by atoms with van der Waals surface area (Å²) < 4.78 is 5.65. The first-order valence-corrected chi connectivity index (χ1v) is 13.7. The van der Waals surface area contributed by atoms with E-state index in [4.69, 9.17) is 4.74 Å². The highest BCUT2D eigenvalue weighted by molar-refractivity contribution is 6.04. The molecule has 0 aliphatic carbocycles. The summed E-state index contributed by atoms with van der Waals surface area (Å²) in [7, 11) is 0. The van der Waals surface area contributed by atoms with Crippen LogP contribution in [0.5, 0.6) is 0 Å². The molecule has 0 radical (unpaired) electrons. The quantitative estimate of drug-likeness (QED) is 0.449. The number of rotatable bonds is 7. The molecule has 1 saturated heterocycles. The average molecular weight is 515 g/mol. The molecule has 198 valence electrons. The number of fused-ring (bicyclic) bond motifs is 7.